The van der Waals surface area contributed by atoms with E-state index in [1.54, 1.807) is 11.0 Å². The van der Waals surface area contributed by atoms with E-state index in [9.17, 15) is 0 Å². The summed E-state index contributed by atoms with van der Waals surface area (Å²) < 4.78 is 1.74. The Balaban J connectivity index is 1.69. The number of nitrogens with zero attached hydrogens (tertiary/aromatic N) is 4. The molecule has 0 aliphatic rings. The third-order valence-electron chi connectivity index (χ3n) is 4.72. The second-order valence-corrected chi connectivity index (χ2v) is 6.83. The van der Waals surface area contributed by atoms with Gasteiger partial charge in [0.15, 0.2) is 5.11 Å². The van der Waals surface area contributed by atoms with Crippen molar-refractivity contribution in [2.24, 2.45) is 0 Å². The summed E-state index contributed by atoms with van der Waals surface area (Å²) in [5.74, 6) is 0. The van der Waals surface area contributed by atoms with Crippen LogP contribution in [0.25, 0.3) is 5.69 Å². The van der Waals surface area contributed by atoms with Crippen molar-refractivity contribution in [2.75, 3.05) is 12.4 Å². The Labute approximate surface area is 159 Å². The monoisotopic (exact) mass is 365 g/mol. The number of benzene rings is 2. The average Bonchev–Trinajstić information content (AvgIpc) is 3.18. The van der Waals surface area contributed by atoms with Crippen molar-refractivity contribution < 1.29 is 0 Å². The Kier molecular flexibility index (Phi) is 5.32. The van der Waals surface area contributed by atoms with E-state index in [1.165, 1.54) is 23.0 Å². The highest BCUT2D eigenvalue weighted by molar-refractivity contribution is 7.80. The summed E-state index contributed by atoms with van der Waals surface area (Å²) in [6, 6.07) is 14.7. The van der Waals surface area contributed by atoms with Crippen LogP contribution >= 0.6 is 12.2 Å². The first-order valence-electron chi connectivity index (χ1n) is 8.51. The van der Waals surface area contributed by atoms with Crippen LogP contribution in [0.15, 0.2) is 55.1 Å². The third kappa shape index (κ3) is 3.91. The van der Waals surface area contributed by atoms with Gasteiger partial charge in [0.25, 0.3) is 0 Å². The summed E-state index contributed by atoms with van der Waals surface area (Å²) >= 11 is 5.59. The molecule has 5 nitrogen and oxygen atoms in total. The molecule has 2 aromatic carbocycles. The lowest BCUT2D eigenvalue weighted by atomic mass is 10.1. The zero-order valence-corrected chi connectivity index (χ0v) is 16.3. The molecule has 0 spiro atoms. The van der Waals surface area contributed by atoms with Crippen molar-refractivity contribution in [3.8, 4) is 5.69 Å². The van der Waals surface area contributed by atoms with E-state index in [0.29, 0.717) is 5.11 Å². The molecule has 0 unspecified atom stereocenters. The van der Waals surface area contributed by atoms with E-state index >= 15 is 0 Å². The maximum Gasteiger partial charge on any atom is 0.173 e. The highest BCUT2D eigenvalue weighted by Gasteiger charge is 2.15. The molecule has 0 aliphatic carbocycles. The molecule has 0 saturated carbocycles. The second-order valence-electron chi connectivity index (χ2n) is 6.45. The molecule has 1 heterocycles. The average molecular weight is 366 g/mol. The highest BCUT2D eigenvalue weighted by atomic mass is 32.1. The molecule has 0 bridgehead atoms. The highest BCUT2D eigenvalue weighted by Crippen LogP contribution is 2.22. The molecule has 3 rings (SSSR count). The lowest BCUT2D eigenvalue weighted by molar-refractivity contribution is 0.408. The molecule has 26 heavy (non-hydrogen) atoms. The van der Waals surface area contributed by atoms with Crippen LogP contribution < -0.4 is 5.32 Å². The van der Waals surface area contributed by atoms with Crippen molar-refractivity contribution >= 4 is 23.0 Å². The molecule has 1 N–H and O–H groups in total. The number of hydrogen-bond donors (Lipinski definition) is 1. The van der Waals surface area contributed by atoms with E-state index in [1.807, 2.05) is 19.2 Å². The minimum Gasteiger partial charge on any atom is -0.345 e. The first kappa shape index (κ1) is 18.1. The molecule has 0 aliphatic heterocycles. The fraction of sp³-hybridized carbons (Fsp3) is 0.250. The van der Waals surface area contributed by atoms with Gasteiger partial charge in [-0.05, 0) is 73.9 Å². The number of thiocarbonyl (C=S) groups is 1. The standard InChI is InChI=1S/C20H23N5S/c1-14-5-8-18(11-15(14)2)23-20(26)24(4)16(3)17-6-9-19(10-7-17)25-13-21-12-22-25/h5-13,16H,1-4H3,(H,23,26)/t16-/m0/s1. The molecule has 0 amide bonds. The second kappa shape index (κ2) is 7.66. The van der Waals surface area contributed by atoms with Gasteiger partial charge in [-0.15, -0.1) is 0 Å². The number of anilines is 1. The predicted octanol–water partition coefficient (Wildman–Crippen LogP) is 4.27. The smallest absolute Gasteiger partial charge is 0.173 e. The van der Waals surface area contributed by atoms with E-state index in [4.69, 9.17) is 12.2 Å². The number of rotatable bonds is 4. The molecule has 0 saturated heterocycles. The van der Waals surface area contributed by atoms with Crippen LogP contribution in [0.2, 0.25) is 0 Å². The van der Waals surface area contributed by atoms with Gasteiger partial charge in [-0.1, -0.05) is 18.2 Å². The lowest BCUT2D eigenvalue weighted by Gasteiger charge is -2.28. The van der Waals surface area contributed by atoms with Gasteiger partial charge >= 0.3 is 0 Å². The Morgan fingerprint density at radius 1 is 1.12 bits per heavy atom. The van der Waals surface area contributed by atoms with E-state index in [2.05, 4.69) is 71.4 Å². The minimum atomic E-state index is 0.145. The molecule has 0 fully saturated rings. The fourth-order valence-electron chi connectivity index (χ4n) is 2.68. The van der Waals surface area contributed by atoms with Crippen molar-refractivity contribution in [3.05, 3.63) is 71.8 Å². The molecular formula is C20H23N5S. The van der Waals surface area contributed by atoms with Gasteiger partial charge in [0.05, 0.1) is 11.7 Å². The number of aryl methyl sites for hydroxylation is 2. The van der Waals surface area contributed by atoms with Crippen molar-refractivity contribution in [2.45, 2.75) is 26.8 Å². The van der Waals surface area contributed by atoms with Gasteiger partial charge in [-0.2, -0.15) is 5.10 Å². The quantitative estimate of drug-likeness (QED) is 0.700. The van der Waals surface area contributed by atoms with E-state index < -0.39 is 0 Å². The van der Waals surface area contributed by atoms with Gasteiger partial charge in [0.1, 0.15) is 12.7 Å². The lowest BCUT2D eigenvalue weighted by Crippen LogP contribution is -2.33. The Morgan fingerprint density at radius 2 is 1.85 bits per heavy atom. The van der Waals surface area contributed by atoms with Crippen LogP contribution in [0.5, 0.6) is 0 Å². The zero-order valence-electron chi connectivity index (χ0n) is 15.5. The van der Waals surface area contributed by atoms with E-state index in [-0.39, 0.29) is 6.04 Å². The summed E-state index contributed by atoms with van der Waals surface area (Å²) in [5.41, 5.74) is 5.70. The maximum atomic E-state index is 5.59. The predicted molar refractivity (Wildman–Crippen MR) is 110 cm³/mol. The van der Waals surface area contributed by atoms with Crippen molar-refractivity contribution in [1.29, 1.82) is 0 Å². The van der Waals surface area contributed by atoms with E-state index in [0.717, 1.165) is 11.4 Å². The van der Waals surface area contributed by atoms with Crippen LogP contribution in [0.4, 0.5) is 5.69 Å². The minimum absolute atomic E-state index is 0.145. The van der Waals surface area contributed by atoms with Crippen LogP contribution in [-0.4, -0.2) is 31.8 Å². The largest absolute Gasteiger partial charge is 0.345 e. The van der Waals surface area contributed by atoms with Gasteiger partial charge < -0.3 is 10.2 Å². The zero-order chi connectivity index (χ0) is 18.7. The van der Waals surface area contributed by atoms with Gasteiger partial charge in [0.2, 0.25) is 0 Å². The van der Waals surface area contributed by atoms with Gasteiger partial charge in [-0.25, -0.2) is 9.67 Å². The van der Waals surface area contributed by atoms with Crippen LogP contribution in [0.1, 0.15) is 29.7 Å². The fourth-order valence-corrected chi connectivity index (χ4v) is 2.95. The maximum absolute atomic E-state index is 5.59. The molecule has 134 valence electrons. The summed E-state index contributed by atoms with van der Waals surface area (Å²) in [7, 11) is 2.01. The van der Waals surface area contributed by atoms with Crippen molar-refractivity contribution in [1.82, 2.24) is 19.7 Å². The SMILES string of the molecule is Cc1ccc(NC(=S)N(C)[C@@H](C)c2ccc(-n3cncn3)cc2)cc1C. The van der Waals surface area contributed by atoms with Crippen LogP contribution in [-0.2, 0) is 0 Å². The van der Waals surface area contributed by atoms with Crippen LogP contribution in [0, 0.1) is 13.8 Å². The number of hydrogen-bond acceptors (Lipinski definition) is 3. The number of aromatic nitrogens is 3. The molecule has 0 radical (unpaired) electrons. The molecule has 1 atom stereocenters. The summed E-state index contributed by atoms with van der Waals surface area (Å²) in [4.78, 5) is 6.04. The van der Waals surface area contributed by atoms with Crippen molar-refractivity contribution in [3.63, 3.8) is 0 Å². The molecule has 3 aromatic rings. The number of nitrogens with one attached hydrogen (secondary N) is 1. The normalized spacial score (nSPS) is 11.8. The summed E-state index contributed by atoms with van der Waals surface area (Å²) in [5, 5.41) is 8.17. The molecule has 1 aromatic heterocycles. The Hall–Kier alpha value is -2.73. The topological polar surface area (TPSA) is 46.0 Å². The van der Waals surface area contributed by atoms with Gasteiger partial charge in [0, 0.05) is 12.7 Å². The third-order valence-corrected chi connectivity index (χ3v) is 5.11. The summed E-state index contributed by atoms with van der Waals surface area (Å²) in [6.07, 6.45) is 3.22. The Morgan fingerprint density at radius 3 is 2.46 bits per heavy atom. The Bertz CT molecular complexity index is 887. The summed E-state index contributed by atoms with van der Waals surface area (Å²) in [6.45, 7) is 6.35. The van der Waals surface area contributed by atoms with Gasteiger partial charge in [-0.3, -0.25) is 0 Å². The first-order chi connectivity index (χ1) is 12.5. The molecule has 6 heteroatoms. The van der Waals surface area contributed by atoms with Crippen LogP contribution in [0.3, 0.4) is 0 Å². The first-order valence-corrected chi connectivity index (χ1v) is 8.92. The molecular weight excluding hydrogens is 342 g/mol.